The van der Waals surface area contributed by atoms with Crippen LogP contribution < -0.4 is 5.32 Å². The SMILES string of the molecule is Cc1ccc(/C=C/C(=O)NC2CN3CCC2CC3)o1. The van der Waals surface area contributed by atoms with Crippen molar-refractivity contribution in [2.24, 2.45) is 5.92 Å². The lowest BCUT2D eigenvalue weighted by Gasteiger charge is -2.44. The zero-order valence-electron chi connectivity index (χ0n) is 11.3. The van der Waals surface area contributed by atoms with Crippen molar-refractivity contribution in [2.45, 2.75) is 25.8 Å². The molecule has 3 aliphatic heterocycles. The molecule has 0 saturated carbocycles. The van der Waals surface area contributed by atoms with E-state index in [0.29, 0.717) is 12.0 Å². The van der Waals surface area contributed by atoms with E-state index in [1.54, 1.807) is 12.2 Å². The molecule has 3 saturated heterocycles. The molecule has 1 aromatic heterocycles. The summed E-state index contributed by atoms with van der Waals surface area (Å²) in [5.41, 5.74) is 0. The molecule has 4 heterocycles. The molecule has 1 unspecified atom stereocenters. The van der Waals surface area contributed by atoms with Crippen LogP contribution in [-0.4, -0.2) is 36.5 Å². The zero-order chi connectivity index (χ0) is 13.2. The maximum absolute atomic E-state index is 11.9. The summed E-state index contributed by atoms with van der Waals surface area (Å²) < 4.78 is 5.40. The van der Waals surface area contributed by atoms with E-state index in [9.17, 15) is 4.79 Å². The van der Waals surface area contributed by atoms with E-state index in [0.717, 1.165) is 18.1 Å². The Labute approximate surface area is 113 Å². The number of amides is 1. The zero-order valence-corrected chi connectivity index (χ0v) is 11.3. The highest BCUT2D eigenvalue weighted by Crippen LogP contribution is 2.27. The Hall–Kier alpha value is -1.55. The highest BCUT2D eigenvalue weighted by Gasteiger charge is 2.34. The highest BCUT2D eigenvalue weighted by molar-refractivity contribution is 5.91. The second kappa shape index (κ2) is 5.21. The van der Waals surface area contributed by atoms with Crippen LogP contribution >= 0.6 is 0 Å². The molecule has 4 rings (SSSR count). The number of fused-ring (bicyclic) bond motifs is 3. The number of furan rings is 1. The van der Waals surface area contributed by atoms with Crippen LogP contribution in [0.3, 0.4) is 0 Å². The Balaban J connectivity index is 1.55. The van der Waals surface area contributed by atoms with Gasteiger partial charge in [-0.15, -0.1) is 0 Å². The van der Waals surface area contributed by atoms with Gasteiger partial charge in [-0.2, -0.15) is 0 Å². The van der Waals surface area contributed by atoms with Gasteiger partial charge in [-0.05, 0) is 57.0 Å². The van der Waals surface area contributed by atoms with Crippen LogP contribution in [0.15, 0.2) is 22.6 Å². The predicted octanol–water partition coefficient (Wildman–Crippen LogP) is 1.81. The Bertz CT molecular complexity index is 484. The molecule has 3 fully saturated rings. The van der Waals surface area contributed by atoms with Gasteiger partial charge in [0.15, 0.2) is 0 Å². The van der Waals surface area contributed by atoms with E-state index in [1.807, 2.05) is 19.1 Å². The standard InChI is InChI=1S/C15H20N2O2/c1-11-2-3-13(19-11)4-5-15(18)16-14-10-17-8-6-12(14)7-9-17/h2-5,12,14H,6-10H2,1H3,(H,16,18)/b5-4+. The third-order valence-electron chi connectivity index (χ3n) is 4.14. The summed E-state index contributed by atoms with van der Waals surface area (Å²) in [4.78, 5) is 14.3. The molecule has 1 aromatic rings. The molecule has 0 aromatic carbocycles. The Morgan fingerprint density at radius 1 is 1.42 bits per heavy atom. The summed E-state index contributed by atoms with van der Waals surface area (Å²) in [6.45, 7) is 5.28. The van der Waals surface area contributed by atoms with Gasteiger partial charge >= 0.3 is 0 Å². The minimum atomic E-state index is -0.0206. The monoisotopic (exact) mass is 260 g/mol. The average molecular weight is 260 g/mol. The number of hydrogen-bond donors (Lipinski definition) is 1. The van der Waals surface area contributed by atoms with E-state index >= 15 is 0 Å². The molecule has 1 N–H and O–H groups in total. The summed E-state index contributed by atoms with van der Waals surface area (Å²) in [5, 5.41) is 3.12. The molecule has 0 aliphatic carbocycles. The van der Waals surface area contributed by atoms with E-state index in [4.69, 9.17) is 4.42 Å². The van der Waals surface area contributed by atoms with Crippen molar-refractivity contribution < 1.29 is 9.21 Å². The molecule has 19 heavy (non-hydrogen) atoms. The van der Waals surface area contributed by atoms with Crippen molar-refractivity contribution in [2.75, 3.05) is 19.6 Å². The van der Waals surface area contributed by atoms with Crippen molar-refractivity contribution >= 4 is 12.0 Å². The Morgan fingerprint density at radius 3 is 2.79 bits per heavy atom. The fraction of sp³-hybridized carbons (Fsp3) is 0.533. The van der Waals surface area contributed by atoms with Gasteiger partial charge in [-0.3, -0.25) is 4.79 Å². The third-order valence-corrected chi connectivity index (χ3v) is 4.14. The van der Waals surface area contributed by atoms with E-state index in [2.05, 4.69) is 10.2 Å². The number of aryl methyl sites for hydroxylation is 1. The van der Waals surface area contributed by atoms with Crippen LogP contribution in [-0.2, 0) is 4.79 Å². The lowest BCUT2D eigenvalue weighted by Crippen LogP contribution is -2.57. The van der Waals surface area contributed by atoms with Crippen LogP contribution in [0.25, 0.3) is 6.08 Å². The summed E-state index contributed by atoms with van der Waals surface area (Å²) in [6.07, 6.45) is 5.72. The van der Waals surface area contributed by atoms with Crippen molar-refractivity contribution in [3.8, 4) is 0 Å². The Kier molecular flexibility index (Phi) is 3.42. The molecule has 102 valence electrons. The molecule has 3 aliphatic rings. The van der Waals surface area contributed by atoms with Crippen molar-refractivity contribution in [1.29, 1.82) is 0 Å². The molecular weight excluding hydrogens is 240 g/mol. The number of rotatable bonds is 3. The molecule has 1 atom stereocenters. The maximum atomic E-state index is 11.9. The topological polar surface area (TPSA) is 45.5 Å². The lowest BCUT2D eigenvalue weighted by atomic mass is 9.84. The number of carbonyl (C=O) groups is 1. The van der Waals surface area contributed by atoms with Gasteiger partial charge in [-0.25, -0.2) is 0 Å². The number of nitrogens with one attached hydrogen (secondary N) is 1. The van der Waals surface area contributed by atoms with Crippen LogP contribution in [0.2, 0.25) is 0 Å². The molecule has 0 spiro atoms. The van der Waals surface area contributed by atoms with Crippen molar-refractivity contribution in [1.82, 2.24) is 10.2 Å². The number of nitrogens with zero attached hydrogens (tertiary/aromatic N) is 1. The van der Waals surface area contributed by atoms with Gasteiger partial charge in [0, 0.05) is 18.7 Å². The lowest BCUT2D eigenvalue weighted by molar-refractivity contribution is -0.118. The molecule has 4 nitrogen and oxygen atoms in total. The quantitative estimate of drug-likeness (QED) is 0.843. The normalized spacial score (nSPS) is 29.8. The first-order valence-electron chi connectivity index (χ1n) is 6.98. The average Bonchev–Trinajstić information content (AvgIpc) is 2.84. The first-order chi connectivity index (χ1) is 9.20. The summed E-state index contributed by atoms with van der Waals surface area (Å²) in [5.74, 6) is 2.22. The second-order valence-electron chi connectivity index (χ2n) is 5.53. The second-order valence-corrected chi connectivity index (χ2v) is 5.53. The van der Waals surface area contributed by atoms with E-state index in [1.165, 1.54) is 25.9 Å². The molecule has 2 bridgehead atoms. The van der Waals surface area contributed by atoms with Crippen molar-refractivity contribution in [3.05, 3.63) is 29.7 Å². The highest BCUT2D eigenvalue weighted by atomic mass is 16.3. The fourth-order valence-corrected chi connectivity index (χ4v) is 3.06. The van der Waals surface area contributed by atoms with Gasteiger partial charge in [0.2, 0.25) is 5.91 Å². The number of carbonyl (C=O) groups excluding carboxylic acids is 1. The van der Waals surface area contributed by atoms with E-state index < -0.39 is 0 Å². The van der Waals surface area contributed by atoms with Crippen LogP contribution in [0.1, 0.15) is 24.4 Å². The first-order valence-corrected chi connectivity index (χ1v) is 6.98. The summed E-state index contributed by atoms with van der Waals surface area (Å²) in [7, 11) is 0. The Morgan fingerprint density at radius 2 is 2.21 bits per heavy atom. The number of hydrogen-bond acceptors (Lipinski definition) is 3. The van der Waals surface area contributed by atoms with Crippen LogP contribution in [0.5, 0.6) is 0 Å². The summed E-state index contributed by atoms with van der Waals surface area (Å²) in [6, 6.07) is 4.08. The van der Waals surface area contributed by atoms with Gasteiger partial charge in [0.25, 0.3) is 0 Å². The minimum absolute atomic E-state index is 0.0206. The largest absolute Gasteiger partial charge is 0.462 e. The smallest absolute Gasteiger partial charge is 0.244 e. The minimum Gasteiger partial charge on any atom is -0.462 e. The first kappa shape index (κ1) is 12.5. The van der Waals surface area contributed by atoms with Gasteiger partial charge in [-0.1, -0.05) is 0 Å². The molecular formula is C15H20N2O2. The maximum Gasteiger partial charge on any atom is 0.244 e. The van der Waals surface area contributed by atoms with Gasteiger partial charge in [0.1, 0.15) is 11.5 Å². The molecule has 4 heteroatoms. The van der Waals surface area contributed by atoms with Crippen molar-refractivity contribution in [3.63, 3.8) is 0 Å². The van der Waals surface area contributed by atoms with Crippen LogP contribution in [0, 0.1) is 12.8 Å². The van der Waals surface area contributed by atoms with Gasteiger partial charge < -0.3 is 14.6 Å². The predicted molar refractivity (Wildman–Crippen MR) is 73.6 cm³/mol. The third kappa shape index (κ3) is 2.89. The van der Waals surface area contributed by atoms with E-state index in [-0.39, 0.29) is 5.91 Å². The van der Waals surface area contributed by atoms with Crippen LogP contribution in [0.4, 0.5) is 0 Å². The summed E-state index contributed by atoms with van der Waals surface area (Å²) >= 11 is 0. The molecule has 0 radical (unpaired) electrons. The number of piperidine rings is 3. The van der Waals surface area contributed by atoms with Gasteiger partial charge in [0.05, 0.1) is 0 Å². The fourth-order valence-electron chi connectivity index (χ4n) is 3.06. The molecule has 1 amide bonds.